The maximum atomic E-state index is 5.13. The van der Waals surface area contributed by atoms with Crippen LogP contribution >= 0.6 is 15.9 Å². The number of nitrogens with zero attached hydrogens (tertiary/aromatic N) is 2. The van der Waals surface area contributed by atoms with E-state index < -0.39 is 0 Å². The Morgan fingerprint density at radius 2 is 2.41 bits per heavy atom. The molecule has 2 rings (SSSR count). The number of nitrogens with one attached hydrogen (secondary N) is 1. The first kappa shape index (κ1) is 13.1. The molecule has 4 nitrogen and oxygen atoms in total. The van der Waals surface area contributed by atoms with Crippen LogP contribution in [-0.2, 0) is 11.3 Å². The molecular formula is C12H20BrN3O. The third-order valence-electron chi connectivity index (χ3n) is 3.58. The van der Waals surface area contributed by atoms with Gasteiger partial charge in [0.2, 0.25) is 0 Å². The summed E-state index contributed by atoms with van der Waals surface area (Å²) in [4.78, 5) is 0. The molecule has 5 heteroatoms. The molecule has 2 atom stereocenters. The van der Waals surface area contributed by atoms with Gasteiger partial charge in [-0.05, 0) is 35.8 Å². The quantitative estimate of drug-likeness (QED) is 0.906. The van der Waals surface area contributed by atoms with E-state index in [9.17, 15) is 0 Å². The van der Waals surface area contributed by atoms with E-state index in [0.717, 1.165) is 11.0 Å². The fraction of sp³-hybridized carbons (Fsp3) is 0.750. The predicted molar refractivity (Wildman–Crippen MR) is 71.2 cm³/mol. The van der Waals surface area contributed by atoms with Crippen LogP contribution in [0.25, 0.3) is 0 Å². The lowest BCUT2D eigenvalue weighted by molar-refractivity contribution is 0.181. The van der Waals surface area contributed by atoms with Crippen LogP contribution in [0.3, 0.4) is 0 Å². The average molecular weight is 302 g/mol. The normalized spacial score (nSPS) is 24.4. The van der Waals surface area contributed by atoms with Crippen LogP contribution in [0.1, 0.15) is 30.9 Å². The van der Waals surface area contributed by atoms with Crippen LogP contribution < -0.4 is 5.32 Å². The minimum absolute atomic E-state index is 0.564. The summed E-state index contributed by atoms with van der Waals surface area (Å²) in [6.45, 7) is 1.53. The van der Waals surface area contributed by atoms with Gasteiger partial charge in [0.1, 0.15) is 0 Å². The second-order valence-electron chi connectivity index (χ2n) is 4.53. The van der Waals surface area contributed by atoms with E-state index in [1.54, 1.807) is 7.11 Å². The lowest BCUT2D eigenvalue weighted by atomic mass is 9.99. The van der Waals surface area contributed by atoms with E-state index in [1.165, 1.54) is 25.0 Å². The third-order valence-corrected chi connectivity index (χ3v) is 4.19. The zero-order valence-corrected chi connectivity index (χ0v) is 12.0. The molecule has 1 heterocycles. The van der Waals surface area contributed by atoms with E-state index in [4.69, 9.17) is 4.74 Å². The molecule has 1 aliphatic rings. The molecule has 1 fully saturated rings. The largest absolute Gasteiger partial charge is 0.383 e. The first-order valence-electron chi connectivity index (χ1n) is 6.15. The van der Waals surface area contributed by atoms with E-state index in [-0.39, 0.29) is 0 Å². The summed E-state index contributed by atoms with van der Waals surface area (Å²) in [7, 11) is 3.77. The van der Waals surface area contributed by atoms with Gasteiger partial charge < -0.3 is 10.1 Å². The number of rotatable bonds is 5. The zero-order valence-electron chi connectivity index (χ0n) is 10.4. The molecule has 1 N–H and O–H groups in total. The Kier molecular flexibility index (Phi) is 4.59. The topological polar surface area (TPSA) is 39.1 Å². The summed E-state index contributed by atoms with van der Waals surface area (Å²) in [6.07, 6.45) is 5.68. The molecule has 17 heavy (non-hydrogen) atoms. The predicted octanol–water partition coefficient (Wildman–Crippen LogP) is 2.15. The van der Waals surface area contributed by atoms with E-state index in [2.05, 4.69) is 31.0 Å². The number of ether oxygens (including phenoxy) is 1. The summed E-state index contributed by atoms with van der Waals surface area (Å²) in [5.74, 6) is 0.564. The van der Waals surface area contributed by atoms with Crippen LogP contribution in [-0.4, -0.2) is 36.6 Å². The number of halogens is 1. The van der Waals surface area contributed by atoms with E-state index in [1.807, 2.05) is 13.2 Å². The molecule has 0 aromatic carbocycles. The molecule has 1 aliphatic carbocycles. The smallest absolute Gasteiger partial charge is 0.0658 e. The lowest BCUT2D eigenvalue weighted by Crippen LogP contribution is -2.29. The molecule has 1 aromatic rings. The van der Waals surface area contributed by atoms with Crippen molar-refractivity contribution < 1.29 is 4.74 Å². The van der Waals surface area contributed by atoms with Gasteiger partial charge in [0.25, 0.3) is 0 Å². The zero-order chi connectivity index (χ0) is 12.3. The number of likely N-dealkylation sites (N-methyl/N-ethyl adjacent to an activating group) is 1. The molecule has 0 bridgehead atoms. The highest BCUT2D eigenvalue weighted by molar-refractivity contribution is 9.10. The third kappa shape index (κ3) is 2.72. The molecular weight excluding hydrogens is 282 g/mol. The Morgan fingerprint density at radius 3 is 3.12 bits per heavy atom. The van der Waals surface area contributed by atoms with Crippen molar-refractivity contribution in [1.29, 1.82) is 0 Å². The summed E-state index contributed by atoms with van der Waals surface area (Å²) < 4.78 is 8.34. The molecule has 0 aliphatic heterocycles. The monoisotopic (exact) mass is 301 g/mol. The van der Waals surface area contributed by atoms with Gasteiger partial charge in [0.05, 0.1) is 29.5 Å². The molecule has 96 valence electrons. The highest BCUT2D eigenvalue weighted by atomic mass is 79.9. The van der Waals surface area contributed by atoms with Crippen LogP contribution in [0, 0.1) is 0 Å². The van der Waals surface area contributed by atoms with E-state index in [0.29, 0.717) is 18.6 Å². The molecule has 0 radical (unpaired) electrons. The molecule has 1 aromatic heterocycles. The highest BCUT2D eigenvalue weighted by Crippen LogP contribution is 2.37. The number of methoxy groups -OCH3 is 1. The summed E-state index contributed by atoms with van der Waals surface area (Å²) in [6, 6.07) is 0.573. The first-order valence-corrected chi connectivity index (χ1v) is 6.94. The van der Waals surface area contributed by atoms with Crippen molar-refractivity contribution in [3.8, 4) is 0 Å². The molecule has 0 spiro atoms. The minimum atomic E-state index is 0.564. The van der Waals surface area contributed by atoms with Crippen LogP contribution in [0.4, 0.5) is 0 Å². The van der Waals surface area contributed by atoms with E-state index >= 15 is 0 Å². The molecule has 2 unspecified atom stereocenters. The second kappa shape index (κ2) is 5.98. The fourth-order valence-corrected chi connectivity index (χ4v) is 3.32. The molecule has 1 saturated carbocycles. The Labute approximate surface area is 111 Å². The van der Waals surface area contributed by atoms with Crippen LogP contribution in [0.2, 0.25) is 0 Å². The van der Waals surface area contributed by atoms with Crippen molar-refractivity contribution in [3.05, 3.63) is 16.4 Å². The lowest BCUT2D eigenvalue weighted by Gasteiger charge is -2.21. The molecule has 0 amide bonds. The van der Waals surface area contributed by atoms with Gasteiger partial charge in [-0.25, -0.2) is 0 Å². The van der Waals surface area contributed by atoms with Gasteiger partial charge in [-0.3, -0.25) is 4.68 Å². The Morgan fingerprint density at radius 1 is 1.59 bits per heavy atom. The van der Waals surface area contributed by atoms with Crippen molar-refractivity contribution in [2.24, 2.45) is 0 Å². The van der Waals surface area contributed by atoms with Gasteiger partial charge in [-0.2, -0.15) is 5.10 Å². The van der Waals surface area contributed by atoms with Crippen molar-refractivity contribution >= 4 is 15.9 Å². The van der Waals surface area contributed by atoms with Crippen molar-refractivity contribution in [2.45, 2.75) is 37.8 Å². The Bertz CT molecular complexity index is 367. The number of hydrogen-bond acceptors (Lipinski definition) is 3. The first-order chi connectivity index (χ1) is 8.27. The SMILES string of the molecule is CNC1CCCC1c1c(Br)cnn1CCOC. The van der Waals surface area contributed by atoms with Gasteiger partial charge in [-0.15, -0.1) is 0 Å². The summed E-state index contributed by atoms with van der Waals surface area (Å²) >= 11 is 3.62. The van der Waals surface area contributed by atoms with Gasteiger partial charge in [-0.1, -0.05) is 6.42 Å². The van der Waals surface area contributed by atoms with Crippen LogP contribution in [0.5, 0.6) is 0 Å². The van der Waals surface area contributed by atoms with Crippen molar-refractivity contribution in [1.82, 2.24) is 15.1 Å². The van der Waals surface area contributed by atoms with Gasteiger partial charge >= 0.3 is 0 Å². The average Bonchev–Trinajstić information content (AvgIpc) is 2.92. The Hall–Kier alpha value is -0.390. The minimum Gasteiger partial charge on any atom is -0.383 e. The summed E-state index contributed by atoms with van der Waals surface area (Å²) in [5, 5.41) is 7.85. The second-order valence-corrected chi connectivity index (χ2v) is 5.38. The fourth-order valence-electron chi connectivity index (χ4n) is 2.73. The van der Waals surface area contributed by atoms with Gasteiger partial charge in [0.15, 0.2) is 0 Å². The van der Waals surface area contributed by atoms with Crippen LogP contribution in [0.15, 0.2) is 10.7 Å². The molecule has 0 saturated heterocycles. The maximum absolute atomic E-state index is 5.13. The van der Waals surface area contributed by atoms with Crippen molar-refractivity contribution in [3.63, 3.8) is 0 Å². The number of hydrogen-bond donors (Lipinski definition) is 1. The number of aromatic nitrogens is 2. The summed E-state index contributed by atoms with van der Waals surface area (Å²) in [5.41, 5.74) is 1.32. The van der Waals surface area contributed by atoms with Gasteiger partial charge in [0, 0.05) is 19.1 Å². The Balaban J connectivity index is 2.20. The highest BCUT2D eigenvalue weighted by Gasteiger charge is 2.31. The van der Waals surface area contributed by atoms with Crippen molar-refractivity contribution in [2.75, 3.05) is 20.8 Å². The maximum Gasteiger partial charge on any atom is 0.0658 e. The standard InChI is InChI=1S/C12H20BrN3O/c1-14-11-5-3-4-9(11)12-10(13)8-15-16(12)6-7-17-2/h8-9,11,14H,3-7H2,1-2H3.